The molecule has 1 aliphatic rings. The van der Waals surface area contributed by atoms with Crippen molar-refractivity contribution >= 4 is 40.4 Å². The molecule has 32 heavy (non-hydrogen) atoms. The van der Waals surface area contributed by atoms with Crippen molar-refractivity contribution in [1.82, 2.24) is 20.0 Å². The number of pyridine rings is 1. The number of benzene rings is 1. The molecule has 5 rings (SSSR count). The van der Waals surface area contributed by atoms with Crippen LogP contribution < -0.4 is 0 Å². The van der Waals surface area contributed by atoms with Gasteiger partial charge in [-0.15, -0.1) is 0 Å². The summed E-state index contributed by atoms with van der Waals surface area (Å²) in [5.41, 5.74) is 2.96. The highest BCUT2D eigenvalue weighted by atomic mass is 35.5. The van der Waals surface area contributed by atoms with Gasteiger partial charge in [0.15, 0.2) is 11.5 Å². The van der Waals surface area contributed by atoms with E-state index in [2.05, 4.69) is 15.1 Å². The lowest BCUT2D eigenvalue weighted by Gasteiger charge is -2.31. The topological polar surface area (TPSA) is 85.3 Å². The molecule has 0 radical (unpaired) electrons. The maximum Gasteiger partial charge on any atom is 0.256 e. The van der Waals surface area contributed by atoms with Gasteiger partial charge in [0.25, 0.3) is 5.91 Å². The van der Waals surface area contributed by atoms with E-state index in [0.29, 0.717) is 34.5 Å². The summed E-state index contributed by atoms with van der Waals surface area (Å²) >= 11 is 7.55. The van der Waals surface area contributed by atoms with Gasteiger partial charge >= 0.3 is 0 Å². The van der Waals surface area contributed by atoms with Crippen LogP contribution in [0.4, 0.5) is 0 Å². The van der Waals surface area contributed by atoms with E-state index in [9.17, 15) is 4.79 Å². The molecule has 0 saturated carbocycles. The molecule has 0 N–H and O–H groups in total. The Morgan fingerprint density at radius 3 is 2.88 bits per heavy atom. The summed E-state index contributed by atoms with van der Waals surface area (Å²) in [4.78, 5) is 24.2. The first-order valence-electron chi connectivity index (χ1n) is 10.4. The van der Waals surface area contributed by atoms with Crippen molar-refractivity contribution in [1.29, 1.82) is 0 Å². The Hall–Kier alpha value is -2.84. The normalized spacial score (nSPS) is 14.9. The van der Waals surface area contributed by atoms with Crippen LogP contribution in [0.15, 0.2) is 56.6 Å². The molecule has 1 aliphatic heterocycles. The number of fused-ring (bicyclic) bond motifs is 1. The summed E-state index contributed by atoms with van der Waals surface area (Å²) < 4.78 is 11.1. The van der Waals surface area contributed by atoms with E-state index in [4.69, 9.17) is 20.5 Å². The van der Waals surface area contributed by atoms with Gasteiger partial charge in [-0.3, -0.25) is 4.79 Å². The van der Waals surface area contributed by atoms with Gasteiger partial charge in [0.05, 0.1) is 11.3 Å². The zero-order valence-corrected chi connectivity index (χ0v) is 19.0. The van der Waals surface area contributed by atoms with Crippen molar-refractivity contribution in [3.05, 3.63) is 70.5 Å². The number of rotatable bonds is 5. The molecule has 1 saturated heterocycles. The summed E-state index contributed by atoms with van der Waals surface area (Å²) in [6, 6.07) is 11.0. The molecule has 0 spiro atoms. The Kier molecular flexibility index (Phi) is 5.89. The molecule has 164 valence electrons. The average molecular weight is 469 g/mol. The molecule has 4 aromatic rings. The molecule has 9 heteroatoms. The smallest absolute Gasteiger partial charge is 0.256 e. The standard InChI is InChI=1S/C23H21ClN4O3S/c1-14-11-17(27-31-14)13-32-22-18(3-2-8-25-22)23(29)28-9-6-15(7-10-28)21-26-19-12-16(24)4-5-20(19)30-21/h2-5,8,11-12,15H,6-7,9-10,13H2,1H3. The summed E-state index contributed by atoms with van der Waals surface area (Å²) in [5, 5.41) is 5.36. The van der Waals surface area contributed by atoms with Crippen molar-refractivity contribution in [3.63, 3.8) is 0 Å². The Balaban J connectivity index is 1.25. The van der Waals surface area contributed by atoms with Crippen LogP contribution in [0.5, 0.6) is 0 Å². The average Bonchev–Trinajstić information content (AvgIpc) is 3.43. The van der Waals surface area contributed by atoms with Crippen molar-refractivity contribution in [2.45, 2.75) is 36.5 Å². The number of thioether (sulfide) groups is 1. The minimum Gasteiger partial charge on any atom is -0.440 e. The van der Waals surface area contributed by atoms with Crippen LogP contribution in [0.25, 0.3) is 11.1 Å². The Labute approximate surface area is 194 Å². The number of amides is 1. The number of carbonyl (C=O) groups excluding carboxylic acids is 1. The van der Waals surface area contributed by atoms with E-state index >= 15 is 0 Å². The van der Waals surface area contributed by atoms with Gasteiger partial charge in [-0.2, -0.15) is 0 Å². The zero-order chi connectivity index (χ0) is 22.1. The van der Waals surface area contributed by atoms with E-state index in [1.54, 1.807) is 18.3 Å². The van der Waals surface area contributed by atoms with Gasteiger partial charge in [-0.05, 0) is 50.1 Å². The predicted octanol–water partition coefficient (Wildman–Crippen LogP) is 5.48. The van der Waals surface area contributed by atoms with Crippen LogP contribution in [0.3, 0.4) is 0 Å². The number of hydrogen-bond donors (Lipinski definition) is 0. The quantitative estimate of drug-likeness (QED) is 0.358. The molecular formula is C23H21ClN4O3S. The predicted molar refractivity (Wildman–Crippen MR) is 122 cm³/mol. The molecule has 4 heterocycles. The second kappa shape index (κ2) is 8.96. The van der Waals surface area contributed by atoms with Crippen LogP contribution in [0, 0.1) is 6.92 Å². The second-order valence-corrected chi connectivity index (χ2v) is 9.20. The van der Waals surface area contributed by atoms with Crippen LogP contribution >= 0.6 is 23.4 Å². The lowest BCUT2D eigenvalue weighted by molar-refractivity contribution is 0.0702. The Bertz CT molecular complexity index is 1260. The van der Waals surface area contributed by atoms with Crippen LogP contribution in [-0.4, -0.2) is 39.0 Å². The van der Waals surface area contributed by atoms with Crippen LogP contribution in [0.1, 0.15) is 46.5 Å². The van der Waals surface area contributed by atoms with E-state index in [1.165, 1.54) is 11.8 Å². The van der Waals surface area contributed by atoms with Gasteiger partial charge in [0, 0.05) is 42.0 Å². The maximum atomic E-state index is 13.2. The minimum absolute atomic E-state index is 0.000250. The van der Waals surface area contributed by atoms with Gasteiger partial charge in [-0.1, -0.05) is 28.5 Å². The fourth-order valence-electron chi connectivity index (χ4n) is 3.89. The zero-order valence-electron chi connectivity index (χ0n) is 17.5. The monoisotopic (exact) mass is 468 g/mol. The molecule has 1 amide bonds. The highest BCUT2D eigenvalue weighted by Gasteiger charge is 2.29. The second-order valence-electron chi connectivity index (χ2n) is 7.80. The minimum atomic E-state index is -0.000250. The third-order valence-corrected chi connectivity index (χ3v) is 6.81. The molecule has 0 aliphatic carbocycles. The van der Waals surface area contributed by atoms with Crippen molar-refractivity contribution < 1.29 is 13.7 Å². The third-order valence-electron chi connectivity index (χ3n) is 5.53. The lowest BCUT2D eigenvalue weighted by Crippen LogP contribution is -2.38. The van der Waals surface area contributed by atoms with E-state index in [-0.39, 0.29) is 11.8 Å². The number of carbonyl (C=O) groups is 1. The molecule has 3 aromatic heterocycles. The number of aromatic nitrogens is 3. The number of hydrogen-bond acceptors (Lipinski definition) is 7. The lowest BCUT2D eigenvalue weighted by atomic mass is 9.96. The number of aryl methyl sites for hydroxylation is 1. The van der Waals surface area contributed by atoms with E-state index in [1.807, 2.05) is 36.1 Å². The van der Waals surface area contributed by atoms with E-state index < -0.39 is 0 Å². The molecular weight excluding hydrogens is 448 g/mol. The summed E-state index contributed by atoms with van der Waals surface area (Å²) in [7, 11) is 0. The number of piperidine rings is 1. The first-order chi connectivity index (χ1) is 15.6. The fourth-order valence-corrected chi connectivity index (χ4v) is 4.92. The Morgan fingerprint density at radius 2 is 2.09 bits per heavy atom. The van der Waals surface area contributed by atoms with Gasteiger partial charge in [0.1, 0.15) is 16.3 Å². The van der Waals surface area contributed by atoms with E-state index in [0.717, 1.165) is 41.3 Å². The molecule has 1 fully saturated rings. The first kappa shape index (κ1) is 21.0. The molecule has 1 aromatic carbocycles. The molecule has 0 atom stereocenters. The van der Waals surface area contributed by atoms with Gasteiger partial charge < -0.3 is 13.8 Å². The SMILES string of the molecule is Cc1cc(CSc2ncccc2C(=O)N2CCC(c3nc4cc(Cl)ccc4o3)CC2)no1. The van der Waals surface area contributed by atoms with Crippen molar-refractivity contribution in [3.8, 4) is 0 Å². The molecule has 7 nitrogen and oxygen atoms in total. The molecule has 0 bridgehead atoms. The van der Waals surface area contributed by atoms with Gasteiger partial charge in [-0.25, -0.2) is 9.97 Å². The van der Waals surface area contributed by atoms with Crippen LogP contribution in [-0.2, 0) is 5.75 Å². The summed E-state index contributed by atoms with van der Waals surface area (Å²) in [6.07, 6.45) is 3.30. The fraction of sp³-hybridized carbons (Fsp3) is 0.304. The highest BCUT2D eigenvalue weighted by Crippen LogP contribution is 2.32. The maximum absolute atomic E-state index is 13.2. The van der Waals surface area contributed by atoms with Crippen molar-refractivity contribution in [2.75, 3.05) is 13.1 Å². The highest BCUT2D eigenvalue weighted by molar-refractivity contribution is 7.98. The van der Waals surface area contributed by atoms with Crippen LogP contribution in [0.2, 0.25) is 5.02 Å². The summed E-state index contributed by atoms with van der Waals surface area (Å²) in [5.74, 6) is 2.26. The van der Waals surface area contributed by atoms with Gasteiger partial charge in [0.2, 0.25) is 0 Å². The number of likely N-dealkylation sites (tertiary alicyclic amines) is 1. The largest absolute Gasteiger partial charge is 0.440 e. The third kappa shape index (κ3) is 4.38. The molecule has 0 unspecified atom stereocenters. The number of oxazole rings is 1. The summed E-state index contributed by atoms with van der Waals surface area (Å²) in [6.45, 7) is 3.14. The number of nitrogens with zero attached hydrogens (tertiary/aromatic N) is 4. The van der Waals surface area contributed by atoms with Crippen molar-refractivity contribution in [2.24, 2.45) is 0 Å². The first-order valence-corrected chi connectivity index (χ1v) is 11.8. The number of halogens is 1. The Morgan fingerprint density at radius 1 is 1.25 bits per heavy atom.